The Hall–Kier alpha value is -2.19. The number of ether oxygens (including phenoxy) is 2. The minimum Gasteiger partial charge on any atom is -0.465 e. The Bertz CT molecular complexity index is 1000. The second-order valence-electron chi connectivity index (χ2n) is 12.6. The van der Waals surface area contributed by atoms with Crippen LogP contribution in [0.4, 0.5) is 0 Å². The van der Waals surface area contributed by atoms with Gasteiger partial charge < -0.3 is 24.4 Å². The second-order valence-corrected chi connectivity index (χ2v) is 12.6. The van der Waals surface area contributed by atoms with Gasteiger partial charge in [-0.2, -0.15) is 0 Å². The van der Waals surface area contributed by atoms with Crippen LogP contribution in [-0.4, -0.2) is 81.8 Å². The summed E-state index contributed by atoms with van der Waals surface area (Å²) in [6, 6.07) is -1.36. The minimum absolute atomic E-state index is 0.117. The van der Waals surface area contributed by atoms with Crippen LogP contribution < -0.4 is 0 Å². The van der Waals surface area contributed by atoms with E-state index in [0.29, 0.717) is 26.0 Å². The number of aliphatic hydroxyl groups is 1. The molecule has 5 rings (SSSR count). The molecule has 1 aliphatic carbocycles. The van der Waals surface area contributed by atoms with Crippen LogP contribution in [0.1, 0.15) is 85.0 Å². The molecule has 2 amide bonds. The number of hydrogen-bond donors (Lipinski definition) is 1. The van der Waals surface area contributed by atoms with Gasteiger partial charge in [0.05, 0.1) is 25.2 Å². The SMILES string of the molecule is CC[C@@]12/C=C\CCCCOC(=O)[C@@H]1[C@H]1C(=O)N([C@@H](CO)CC(C)C)C3C(=O)N(C4CCCCC4)CC=C[C@@]31O2. The van der Waals surface area contributed by atoms with Gasteiger partial charge in [0.25, 0.3) is 0 Å². The van der Waals surface area contributed by atoms with Crippen molar-refractivity contribution in [2.45, 2.75) is 114 Å². The molecule has 6 atom stereocenters. The van der Waals surface area contributed by atoms with Crippen LogP contribution in [0.25, 0.3) is 0 Å². The molecule has 8 heteroatoms. The lowest BCUT2D eigenvalue weighted by molar-refractivity contribution is -0.164. The Labute approximate surface area is 232 Å². The maximum Gasteiger partial charge on any atom is 0.313 e. The number of aliphatic hydroxyl groups excluding tert-OH is 1. The summed E-state index contributed by atoms with van der Waals surface area (Å²) in [7, 11) is 0. The Morgan fingerprint density at radius 3 is 2.46 bits per heavy atom. The molecule has 1 saturated carbocycles. The van der Waals surface area contributed by atoms with Gasteiger partial charge >= 0.3 is 5.97 Å². The highest BCUT2D eigenvalue weighted by Gasteiger charge is 2.76. The number of likely N-dealkylation sites (tertiary alicyclic amines) is 1. The molecule has 1 N–H and O–H groups in total. The van der Waals surface area contributed by atoms with E-state index in [1.54, 1.807) is 4.90 Å². The summed E-state index contributed by atoms with van der Waals surface area (Å²) in [5.74, 6) is -2.41. The van der Waals surface area contributed by atoms with E-state index in [-0.39, 0.29) is 30.4 Å². The second kappa shape index (κ2) is 11.4. The Morgan fingerprint density at radius 2 is 1.77 bits per heavy atom. The quantitative estimate of drug-likeness (QED) is 0.406. The van der Waals surface area contributed by atoms with E-state index in [4.69, 9.17) is 9.47 Å². The van der Waals surface area contributed by atoms with E-state index in [9.17, 15) is 19.5 Å². The van der Waals surface area contributed by atoms with Gasteiger partial charge in [0.15, 0.2) is 0 Å². The van der Waals surface area contributed by atoms with Crippen molar-refractivity contribution in [1.82, 2.24) is 9.80 Å². The zero-order chi connectivity index (χ0) is 27.8. The largest absolute Gasteiger partial charge is 0.465 e. The van der Waals surface area contributed by atoms with Crippen molar-refractivity contribution in [3.8, 4) is 0 Å². The number of hydrogen-bond acceptors (Lipinski definition) is 6. The Kier molecular flexibility index (Phi) is 8.25. The molecule has 8 nitrogen and oxygen atoms in total. The maximum absolute atomic E-state index is 14.6. The Balaban J connectivity index is 1.65. The van der Waals surface area contributed by atoms with E-state index >= 15 is 0 Å². The highest BCUT2D eigenvalue weighted by Crippen LogP contribution is 2.58. The zero-order valence-electron chi connectivity index (χ0n) is 23.8. The van der Waals surface area contributed by atoms with Gasteiger partial charge in [-0.15, -0.1) is 0 Å². The van der Waals surface area contributed by atoms with Gasteiger partial charge in [0, 0.05) is 12.6 Å². The van der Waals surface area contributed by atoms with Crippen LogP contribution in [0.5, 0.6) is 0 Å². The van der Waals surface area contributed by atoms with Crippen molar-refractivity contribution < 1.29 is 29.0 Å². The van der Waals surface area contributed by atoms with Crippen molar-refractivity contribution in [3.63, 3.8) is 0 Å². The van der Waals surface area contributed by atoms with Crippen LogP contribution in [0.3, 0.4) is 0 Å². The highest BCUT2D eigenvalue weighted by molar-refractivity contribution is 5.99. The Morgan fingerprint density at radius 1 is 1.00 bits per heavy atom. The van der Waals surface area contributed by atoms with Gasteiger partial charge in [-0.25, -0.2) is 0 Å². The molecule has 1 unspecified atom stereocenters. The lowest BCUT2D eigenvalue weighted by Crippen LogP contribution is -2.60. The third-order valence-corrected chi connectivity index (χ3v) is 9.72. The molecule has 2 saturated heterocycles. The lowest BCUT2D eigenvalue weighted by Gasteiger charge is -2.43. The molecule has 216 valence electrons. The van der Waals surface area contributed by atoms with Crippen molar-refractivity contribution in [2.75, 3.05) is 19.8 Å². The lowest BCUT2D eigenvalue weighted by atomic mass is 9.73. The molecule has 0 bridgehead atoms. The van der Waals surface area contributed by atoms with Crippen LogP contribution in [0.2, 0.25) is 0 Å². The van der Waals surface area contributed by atoms with Crippen molar-refractivity contribution in [3.05, 3.63) is 24.3 Å². The molecule has 0 aromatic rings. The number of amides is 2. The van der Waals surface area contributed by atoms with Crippen LogP contribution in [-0.2, 0) is 23.9 Å². The summed E-state index contributed by atoms with van der Waals surface area (Å²) in [6.45, 7) is 6.57. The van der Waals surface area contributed by atoms with Crippen molar-refractivity contribution in [1.29, 1.82) is 0 Å². The van der Waals surface area contributed by atoms with Gasteiger partial charge in [-0.3, -0.25) is 14.4 Å². The normalized spacial score (nSPS) is 37.3. The molecule has 0 radical (unpaired) electrons. The fraction of sp³-hybridized carbons (Fsp3) is 0.774. The molecule has 3 fully saturated rings. The summed E-state index contributed by atoms with van der Waals surface area (Å²) in [6.07, 6.45) is 16.7. The molecule has 4 heterocycles. The van der Waals surface area contributed by atoms with E-state index in [1.165, 1.54) is 6.42 Å². The molecule has 0 aromatic carbocycles. The highest BCUT2D eigenvalue weighted by atomic mass is 16.6. The number of allylic oxidation sites excluding steroid dienone is 1. The summed E-state index contributed by atoms with van der Waals surface area (Å²) < 4.78 is 12.8. The first-order chi connectivity index (χ1) is 18.8. The number of carbonyl (C=O) groups is 3. The molecule has 1 spiro atoms. The summed E-state index contributed by atoms with van der Waals surface area (Å²) in [4.78, 5) is 46.5. The fourth-order valence-corrected chi connectivity index (χ4v) is 7.93. The number of fused-ring (bicyclic) bond motifs is 2. The summed E-state index contributed by atoms with van der Waals surface area (Å²) in [5, 5.41) is 10.5. The van der Waals surface area contributed by atoms with Gasteiger partial charge in [-0.1, -0.05) is 64.3 Å². The number of rotatable bonds is 6. The molecule has 4 aliphatic heterocycles. The van der Waals surface area contributed by atoms with Gasteiger partial charge in [0.1, 0.15) is 23.2 Å². The molecule has 5 aliphatic rings. The van der Waals surface area contributed by atoms with E-state index in [2.05, 4.69) is 6.08 Å². The minimum atomic E-state index is -1.31. The predicted octanol–water partition coefficient (Wildman–Crippen LogP) is 3.77. The molecule has 0 aromatic heterocycles. The first-order valence-electron chi connectivity index (χ1n) is 15.3. The fourth-order valence-electron chi connectivity index (χ4n) is 7.93. The predicted molar refractivity (Wildman–Crippen MR) is 146 cm³/mol. The molecule has 39 heavy (non-hydrogen) atoms. The standard InChI is InChI=1S/C31H46N2O6/c1-4-30-15-10-5-6-11-18-38-29(37)25(30)24-27(35)33(23(20-34)19-21(2)3)26-28(36)32(22-13-8-7-9-14-22)17-12-16-31(24,26)39-30/h10,12,15-16,21-26,34H,4-9,11,13-14,17-20H2,1-3H3/b15-10-/t23-,24+,25+,26?,30-,31+/m1/s1. The van der Waals surface area contributed by atoms with Crippen LogP contribution in [0, 0.1) is 17.8 Å². The van der Waals surface area contributed by atoms with Gasteiger partial charge in [-0.05, 0) is 50.9 Å². The van der Waals surface area contributed by atoms with E-state index in [1.807, 2.05) is 43.9 Å². The van der Waals surface area contributed by atoms with Gasteiger partial charge in [0.2, 0.25) is 11.8 Å². The third-order valence-electron chi connectivity index (χ3n) is 9.72. The summed E-state index contributed by atoms with van der Waals surface area (Å²) in [5.41, 5.74) is -2.35. The summed E-state index contributed by atoms with van der Waals surface area (Å²) >= 11 is 0. The molecular formula is C31H46N2O6. The number of carbonyl (C=O) groups excluding carboxylic acids is 3. The van der Waals surface area contributed by atoms with Crippen LogP contribution >= 0.6 is 0 Å². The third kappa shape index (κ3) is 4.75. The molecular weight excluding hydrogens is 496 g/mol. The number of esters is 1. The van der Waals surface area contributed by atoms with Crippen LogP contribution in [0.15, 0.2) is 24.3 Å². The number of nitrogens with zero attached hydrogens (tertiary/aromatic N) is 2. The zero-order valence-corrected chi connectivity index (χ0v) is 23.8. The number of cyclic esters (lactones) is 1. The van der Waals surface area contributed by atoms with E-state index < -0.39 is 41.1 Å². The van der Waals surface area contributed by atoms with Crippen molar-refractivity contribution in [2.24, 2.45) is 17.8 Å². The maximum atomic E-state index is 14.6. The smallest absolute Gasteiger partial charge is 0.313 e. The first kappa shape index (κ1) is 28.3. The topological polar surface area (TPSA) is 96.4 Å². The monoisotopic (exact) mass is 542 g/mol. The average molecular weight is 543 g/mol. The first-order valence-corrected chi connectivity index (χ1v) is 15.3. The van der Waals surface area contributed by atoms with E-state index in [0.717, 1.165) is 44.9 Å². The van der Waals surface area contributed by atoms with Crippen molar-refractivity contribution >= 4 is 17.8 Å². The average Bonchev–Trinajstić information content (AvgIpc) is 3.29.